The summed E-state index contributed by atoms with van der Waals surface area (Å²) in [5.74, 6) is 0.869. The highest BCUT2D eigenvalue weighted by Gasteiger charge is 2.05. The zero-order chi connectivity index (χ0) is 14.4. The number of hydrogen-bond donors (Lipinski definition) is 1. The Morgan fingerprint density at radius 1 is 1.10 bits per heavy atom. The van der Waals surface area contributed by atoms with E-state index in [1.54, 1.807) is 7.11 Å². The van der Waals surface area contributed by atoms with Crippen LogP contribution in [0.2, 0.25) is 0 Å². The van der Waals surface area contributed by atoms with Gasteiger partial charge in [-0.15, -0.1) is 0 Å². The van der Waals surface area contributed by atoms with E-state index < -0.39 is 0 Å². The van der Waals surface area contributed by atoms with E-state index >= 15 is 0 Å². The normalized spacial score (nSPS) is 10.1. The number of rotatable bonds is 5. The predicted octanol–water partition coefficient (Wildman–Crippen LogP) is 3.57. The van der Waals surface area contributed by atoms with Crippen LogP contribution in [0.1, 0.15) is 17.5 Å². The highest BCUT2D eigenvalue weighted by atomic mass is 16.5. The summed E-state index contributed by atoms with van der Waals surface area (Å²) in [5, 5.41) is 2.94. The molecule has 0 fully saturated rings. The van der Waals surface area contributed by atoms with Crippen molar-refractivity contribution in [1.82, 2.24) is 0 Å². The van der Waals surface area contributed by atoms with Crippen molar-refractivity contribution >= 4 is 11.6 Å². The molecule has 0 aliphatic heterocycles. The molecule has 2 rings (SSSR count). The predicted molar refractivity (Wildman–Crippen MR) is 81.1 cm³/mol. The SMILES string of the molecule is COc1ccc(CCC(=O)Nc2ccccc2C)cc1. The van der Waals surface area contributed by atoms with Crippen molar-refractivity contribution < 1.29 is 9.53 Å². The van der Waals surface area contributed by atoms with Crippen LogP contribution in [0.15, 0.2) is 48.5 Å². The van der Waals surface area contributed by atoms with E-state index in [2.05, 4.69) is 5.32 Å². The molecule has 0 unspecified atom stereocenters. The molecule has 1 amide bonds. The van der Waals surface area contributed by atoms with Crippen LogP contribution in [0.3, 0.4) is 0 Å². The van der Waals surface area contributed by atoms with Crippen molar-refractivity contribution in [2.45, 2.75) is 19.8 Å². The minimum atomic E-state index is 0.0371. The zero-order valence-electron chi connectivity index (χ0n) is 11.8. The van der Waals surface area contributed by atoms with Gasteiger partial charge in [0.15, 0.2) is 0 Å². The van der Waals surface area contributed by atoms with E-state index in [9.17, 15) is 4.79 Å². The summed E-state index contributed by atoms with van der Waals surface area (Å²) in [6, 6.07) is 15.6. The van der Waals surface area contributed by atoms with Crippen molar-refractivity contribution in [3.8, 4) is 5.75 Å². The molecule has 2 aromatic rings. The molecule has 0 aliphatic carbocycles. The van der Waals surface area contributed by atoms with E-state index in [1.807, 2.05) is 55.5 Å². The van der Waals surface area contributed by atoms with Crippen LogP contribution in [0.25, 0.3) is 0 Å². The number of para-hydroxylation sites is 1. The van der Waals surface area contributed by atoms with Crippen LogP contribution in [0.4, 0.5) is 5.69 Å². The van der Waals surface area contributed by atoms with E-state index in [-0.39, 0.29) is 5.91 Å². The Balaban J connectivity index is 1.87. The second-order valence-electron chi connectivity index (χ2n) is 4.71. The lowest BCUT2D eigenvalue weighted by Gasteiger charge is -2.08. The first-order valence-corrected chi connectivity index (χ1v) is 6.67. The molecule has 0 spiro atoms. The largest absolute Gasteiger partial charge is 0.497 e. The number of benzene rings is 2. The number of hydrogen-bond acceptors (Lipinski definition) is 2. The Bertz CT molecular complexity index is 576. The lowest BCUT2D eigenvalue weighted by Crippen LogP contribution is -2.13. The van der Waals surface area contributed by atoms with E-state index in [0.29, 0.717) is 6.42 Å². The van der Waals surface area contributed by atoms with E-state index in [1.165, 1.54) is 0 Å². The van der Waals surface area contributed by atoms with Gasteiger partial charge in [-0.25, -0.2) is 0 Å². The number of carbonyl (C=O) groups is 1. The van der Waals surface area contributed by atoms with Gasteiger partial charge in [0.25, 0.3) is 0 Å². The number of amides is 1. The summed E-state index contributed by atoms with van der Waals surface area (Å²) in [5.41, 5.74) is 3.09. The molecular formula is C17H19NO2. The number of methoxy groups -OCH3 is 1. The number of anilines is 1. The average Bonchev–Trinajstić information content (AvgIpc) is 2.48. The fourth-order valence-corrected chi connectivity index (χ4v) is 1.98. The Labute approximate surface area is 119 Å². The maximum absolute atomic E-state index is 11.9. The summed E-state index contributed by atoms with van der Waals surface area (Å²) >= 11 is 0. The van der Waals surface area contributed by atoms with Gasteiger partial charge in [-0.2, -0.15) is 0 Å². The Hall–Kier alpha value is -2.29. The van der Waals surface area contributed by atoms with Crippen molar-refractivity contribution in [3.05, 3.63) is 59.7 Å². The van der Waals surface area contributed by atoms with Gasteiger partial charge in [0.05, 0.1) is 7.11 Å². The molecule has 0 saturated heterocycles. The summed E-state index contributed by atoms with van der Waals surface area (Å²) in [4.78, 5) is 11.9. The van der Waals surface area contributed by atoms with Crippen LogP contribution >= 0.6 is 0 Å². The van der Waals surface area contributed by atoms with Gasteiger partial charge in [0.1, 0.15) is 5.75 Å². The molecule has 3 nitrogen and oxygen atoms in total. The van der Waals surface area contributed by atoms with Gasteiger partial charge in [0.2, 0.25) is 5.91 Å². The number of carbonyl (C=O) groups excluding carboxylic acids is 1. The van der Waals surface area contributed by atoms with Crippen LogP contribution in [-0.2, 0) is 11.2 Å². The maximum Gasteiger partial charge on any atom is 0.224 e. The second kappa shape index (κ2) is 6.75. The molecular weight excluding hydrogens is 250 g/mol. The summed E-state index contributed by atoms with van der Waals surface area (Å²) in [6.07, 6.45) is 1.20. The fraction of sp³-hybridized carbons (Fsp3) is 0.235. The smallest absolute Gasteiger partial charge is 0.224 e. The first-order chi connectivity index (χ1) is 9.69. The van der Waals surface area contributed by atoms with E-state index in [4.69, 9.17) is 4.74 Å². The Morgan fingerprint density at radius 2 is 1.80 bits per heavy atom. The van der Waals surface area contributed by atoms with Gasteiger partial charge in [-0.1, -0.05) is 30.3 Å². The maximum atomic E-state index is 11.9. The van der Waals surface area contributed by atoms with Gasteiger partial charge in [-0.05, 0) is 42.7 Å². The molecule has 0 aromatic heterocycles. The number of nitrogens with one attached hydrogen (secondary N) is 1. The molecule has 104 valence electrons. The third kappa shape index (κ3) is 3.85. The minimum absolute atomic E-state index is 0.0371. The molecule has 0 bridgehead atoms. The highest BCUT2D eigenvalue weighted by Crippen LogP contribution is 2.15. The number of ether oxygens (including phenoxy) is 1. The first kappa shape index (κ1) is 14.1. The lowest BCUT2D eigenvalue weighted by atomic mass is 10.1. The van der Waals surface area contributed by atoms with Gasteiger partial charge in [-0.3, -0.25) is 4.79 Å². The van der Waals surface area contributed by atoms with Gasteiger partial charge >= 0.3 is 0 Å². The quantitative estimate of drug-likeness (QED) is 0.901. The molecule has 1 N–H and O–H groups in total. The molecule has 20 heavy (non-hydrogen) atoms. The van der Waals surface area contributed by atoms with Crippen LogP contribution < -0.4 is 10.1 Å². The molecule has 3 heteroatoms. The molecule has 0 heterocycles. The topological polar surface area (TPSA) is 38.3 Å². The second-order valence-corrected chi connectivity index (χ2v) is 4.71. The standard InChI is InChI=1S/C17H19NO2/c1-13-5-3-4-6-16(13)18-17(19)12-9-14-7-10-15(20-2)11-8-14/h3-8,10-11H,9,12H2,1-2H3,(H,18,19). The van der Waals surface area contributed by atoms with Crippen LogP contribution in [-0.4, -0.2) is 13.0 Å². The third-order valence-corrected chi connectivity index (χ3v) is 3.22. The molecule has 0 radical (unpaired) electrons. The number of aryl methyl sites for hydroxylation is 2. The monoisotopic (exact) mass is 269 g/mol. The first-order valence-electron chi connectivity index (χ1n) is 6.67. The molecule has 2 aromatic carbocycles. The average molecular weight is 269 g/mol. The Kier molecular flexibility index (Phi) is 4.77. The lowest BCUT2D eigenvalue weighted by molar-refractivity contribution is -0.116. The van der Waals surface area contributed by atoms with Crippen LogP contribution in [0, 0.1) is 6.92 Å². The van der Waals surface area contributed by atoms with Gasteiger partial charge < -0.3 is 10.1 Å². The summed E-state index contributed by atoms with van der Waals surface area (Å²) in [6.45, 7) is 1.99. The summed E-state index contributed by atoms with van der Waals surface area (Å²) in [7, 11) is 1.64. The van der Waals surface area contributed by atoms with E-state index in [0.717, 1.165) is 29.0 Å². The zero-order valence-corrected chi connectivity index (χ0v) is 11.8. The van der Waals surface area contributed by atoms with Crippen molar-refractivity contribution in [2.24, 2.45) is 0 Å². The minimum Gasteiger partial charge on any atom is -0.497 e. The van der Waals surface area contributed by atoms with Crippen LogP contribution in [0.5, 0.6) is 5.75 Å². The fourth-order valence-electron chi connectivity index (χ4n) is 1.98. The van der Waals surface area contributed by atoms with Crippen molar-refractivity contribution in [3.63, 3.8) is 0 Å². The molecule has 0 atom stereocenters. The van der Waals surface area contributed by atoms with Gasteiger partial charge in [0, 0.05) is 12.1 Å². The molecule has 0 aliphatic rings. The third-order valence-electron chi connectivity index (χ3n) is 3.22. The highest BCUT2D eigenvalue weighted by molar-refractivity contribution is 5.91. The Morgan fingerprint density at radius 3 is 2.45 bits per heavy atom. The summed E-state index contributed by atoms with van der Waals surface area (Å²) < 4.78 is 5.11. The van der Waals surface area contributed by atoms with Crippen molar-refractivity contribution in [1.29, 1.82) is 0 Å². The van der Waals surface area contributed by atoms with Crippen molar-refractivity contribution in [2.75, 3.05) is 12.4 Å². The molecule has 0 saturated carbocycles.